The largest absolute Gasteiger partial charge is 0.454 e. The van der Waals surface area contributed by atoms with Gasteiger partial charge in [0.15, 0.2) is 11.5 Å². The summed E-state index contributed by atoms with van der Waals surface area (Å²) in [6, 6.07) is 7.10. The van der Waals surface area contributed by atoms with Gasteiger partial charge in [-0.15, -0.1) is 0 Å². The predicted molar refractivity (Wildman–Crippen MR) is 88.2 cm³/mol. The number of ether oxygens (including phenoxy) is 2. The van der Waals surface area contributed by atoms with Crippen molar-refractivity contribution in [3.8, 4) is 11.5 Å². The summed E-state index contributed by atoms with van der Waals surface area (Å²) >= 11 is 0. The second-order valence-corrected chi connectivity index (χ2v) is 5.26. The Kier molecular flexibility index (Phi) is 4.61. The normalized spacial score (nSPS) is 12.0. The van der Waals surface area contributed by atoms with E-state index in [1.165, 1.54) is 0 Å². The third-order valence-corrected chi connectivity index (χ3v) is 3.49. The van der Waals surface area contributed by atoms with E-state index < -0.39 is 0 Å². The van der Waals surface area contributed by atoms with E-state index in [1.54, 1.807) is 36.7 Å². The number of nitrogens with zero attached hydrogens (tertiary/aromatic N) is 1. The summed E-state index contributed by atoms with van der Waals surface area (Å²) in [4.78, 5) is 16.5. The van der Waals surface area contributed by atoms with Crippen molar-refractivity contribution in [2.24, 2.45) is 0 Å². The Hall–Kier alpha value is -2.76. The Labute approximate surface area is 134 Å². The van der Waals surface area contributed by atoms with Crippen LogP contribution in [-0.4, -0.2) is 24.2 Å². The van der Waals surface area contributed by atoms with Gasteiger partial charge < -0.3 is 20.1 Å². The standard InChI is InChI=1S/C17H19N3O3/c1-2-3-6-19-14-7-12(9-18-10-14)17(21)20-13-4-5-15-16(8-13)23-11-22-15/h4-5,7-10,19H,2-3,6,11H2,1H3,(H,20,21). The first-order valence-electron chi connectivity index (χ1n) is 7.66. The van der Waals surface area contributed by atoms with Gasteiger partial charge in [0, 0.05) is 30.7 Å². The molecule has 3 rings (SSSR count). The maximum absolute atomic E-state index is 12.3. The number of rotatable bonds is 6. The molecular formula is C17H19N3O3. The number of carbonyl (C=O) groups is 1. The van der Waals surface area contributed by atoms with E-state index in [0.29, 0.717) is 22.7 Å². The monoisotopic (exact) mass is 313 g/mol. The number of nitrogens with one attached hydrogen (secondary N) is 2. The van der Waals surface area contributed by atoms with Crippen LogP contribution in [0.2, 0.25) is 0 Å². The van der Waals surface area contributed by atoms with Crippen molar-refractivity contribution in [3.05, 3.63) is 42.2 Å². The Morgan fingerprint density at radius 3 is 2.91 bits per heavy atom. The van der Waals surface area contributed by atoms with Crippen LogP contribution >= 0.6 is 0 Å². The van der Waals surface area contributed by atoms with Gasteiger partial charge in [-0.3, -0.25) is 9.78 Å². The van der Waals surface area contributed by atoms with Gasteiger partial charge in [0.1, 0.15) is 0 Å². The zero-order valence-corrected chi connectivity index (χ0v) is 13.0. The molecule has 1 aliphatic heterocycles. The van der Waals surface area contributed by atoms with Crippen LogP contribution in [0.5, 0.6) is 11.5 Å². The number of pyridine rings is 1. The number of amides is 1. The molecule has 0 saturated carbocycles. The number of aromatic nitrogens is 1. The van der Waals surface area contributed by atoms with Crippen molar-refractivity contribution >= 4 is 17.3 Å². The minimum Gasteiger partial charge on any atom is -0.454 e. The van der Waals surface area contributed by atoms with E-state index in [-0.39, 0.29) is 12.7 Å². The van der Waals surface area contributed by atoms with Gasteiger partial charge in [-0.05, 0) is 24.6 Å². The van der Waals surface area contributed by atoms with Crippen molar-refractivity contribution in [1.29, 1.82) is 0 Å². The maximum atomic E-state index is 12.3. The highest BCUT2D eigenvalue weighted by Crippen LogP contribution is 2.34. The summed E-state index contributed by atoms with van der Waals surface area (Å²) in [7, 11) is 0. The topological polar surface area (TPSA) is 72.5 Å². The Balaban J connectivity index is 1.67. The molecule has 0 aliphatic carbocycles. The fraction of sp³-hybridized carbons (Fsp3) is 0.294. The summed E-state index contributed by atoms with van der Waals surface area (Å²) in [6.07, 6.45) is 5.46. The second-order valence-electron chi connectivity index (χ2n) is 5.26. The van der Waals surface area contributed by atoms with Crippen molar-refractivity contribution in [1.82, 2.24) is 4.98 Å². The number of anilines is 2. The quantitative estimate of drug-likeness (QED) is 0.801. The molecule has 0 atom stereocenters. The molecule has 2 aromatic rings. The molecule has 0 unspecified atom stereocenters. The highest BCUT2D eigenvalue weighted by molar-refractivity contribution is 6.04. The zero-order chi connectivity index (χ0) is 16.1. The SMILES string of the molecule is CCCCNc1cncc(C(=O)Nc2ccc3c(c2)OCO3)c1. The van der Waals surface area contributed by atoms with Crippen LogP contribution in [0.1, 0.15) is 30.1 Å². The highest BCUT2D eigenvalue weighted by atomic mass is 16.7. The average molecular weight is 313 g/mol. The van der Waals surface area contributed by atoms with Crippen LogP contribution in [0.25, 0.3) is 0 Å². The number of carbonyl (C=O) groups excluding carboxylic acids is 1. The van der Waals surface area contributed by atoms with Gasteiger partial charge in [0.25, 0.3) is 5.91 Å². The molecule has 0 bridgehead atoms. The van der Waals surface area contributed by atoms with E-state index in [1.807, 2.05) is 0 Å². The molecule has 1 amide bonds. The number of fused-ring (bicyclic) bond motifs is 1. The summed E-state index contributed by atoms with van der Waals surface area (Å²) in [6.45, 7) is 3.21. The first-order valence-corrected chi connectivity index (χ1v) is 7.66. The minimum atomic E-state index is -0.212. The molecule has 1 aliphatic rings. The molecule has 0 fully saturated rings. The molecule has 23 heavy (non-hydrogen) atoms. The zero-order valence-electron chi connectivity index (χ0n) is 13.0. The molecule has 6 heteroatoms. The number of hydrogen-bond acceptors (Lipinski definition) is 5. The van der Waals surface area contributed by atoms with Gasteiger partial charge in [-0.2, -0.15) is 0 Å². The van der Waals surface area contributed by atoms with Crippen LogP contribution < -0.4 is 20.1 Å². The lowest BCUT2D eigenvalue weighted by Crippen LogP contribution is -2.13. The minimum absolute atomic E-state index is 0.210. The van der Waals surface area contributed by atoms with Crippen molar-refractivity contribution in [2.45, 2.75) is 19.8 Å². The third-order valence-electron chi connectivity index (χ3n) is 3.49. The molecule has 2 N–H and O–H groups in total. The van der Waals surface area contributed by atoms with Crippen molar-refractivity contribution in [3.63, 3.8) is 0 Å². The van der Waals surface area contributed by atoms with E-state index in [4.69, 9.17) is 9.47 Å². The fourth-order valence-electron chi connectivity index (χ4n) is 2.25. The molecule has 2 heterocycles. The summed E-state index contributed by atoms with van der Waals surface area (Å²) in [5.41, 5.74) is 2.00. The highest BCUT2D eigenvalue weighted by Gasteiger charge is 2.15. The first kappa shape index (κ1) is 15.1. The lowest BCUT2D eigenvalue weighted by molar-refractivity contribution is 0.102. The predicted octanol–water partition coefficient (Wildman–Crippen LogP) is 3.27. The average Bonchev–Trinajstić information content (AvgIpc) is 3.03. The molecule has 6 nitrogen and oxygen atoms in total. The third kappa shape index (κ3) is 3.71. The molecule has 0 spiro atoms. The summed E-state index contributed by atoms with van der Waals surface area (Å²) in [5, 5.41) is 6.10. The van der Waals surface area contributed by atoms with Gasteiger partial charge in [-0.25, -0.2) is 0 Å². The molecule has 1 aromatic heterocycles. The van der Waals surface area contributed by atoms with Gasteiger partial charge in [0.05, 0.1) is 11.3 Å². The number of benzene rings is 1. The summed E-state index contributed by atoms with van der Waals surface area (Å²) in [5.74, 6) is 1.11. The lowest BCUT2D eigenvalue weighted by atomic mass is 10.2. The Morgan fingerprint density at radius 1 is 1.17 bits per heavy atom. The maximum Gasteiger partial charge on any atom is 0.257 e. The van der Waals surface area contributed by atoms with Crippen LogP contribution in [-0.2, 0) is 0 Å². The number of hydrogen-bond donors (Lipinski definition) is 2. The number of unbranched alkanes of at least 4 members (excludes halogenated alkanes) is 1. The first-order chi connectivity index (χ1) is 11.3. The van der Waals surface area contributed by atoms with Crippen molar-refractivity contribution < 1.29 is 14.3 Å². The fourth-order valence-corrected chi connectivity index (χ4v) is 2.25. The molecule has 1 aromatic carbocycles. The molecular weight excluding hydrogens is 294 g/mol. The van der Waals surface area contributed by atoms with E-state index in [2.05, 4.69) is 22.5 Å². The van der Waals surface area contributed by atoms with Gasteiger partial charge in [0.2, 0.25) is 6.79 Å². The van der Waals surface area contributed by atoms with Crippen LogP contribution in [0.4, 0.5) is 11.4 Å². The Bertz CT molecular complexity index is 703. The van der Waals surface area contributed by atoms with Crippen LogP contribution in [0.15, 0.2) is 36.7 Å². The Morgan fingerprint density at radius 2 is 2.04 bits per heavy atom. The van der Waals surface area contributed by atoms with E-state index >= 15 is 0 Å². The summed E-state index contributed by atoms with van der Waals surface area (Å²) < 4.78 is 10.6. The van der Waals surface area contributed by atoms with Crippen LogP contribution in [0, 0.1) is 0 Å². The van der Waals surface area contributed by atoms with Crippen molar-refractivity contribution in [2.75, 3.05) is 24.0 Å². The van der Waals surface area contributed by atoms with Gasteiger partial charge >= 0.3 is 0 Å². The second kappa shape index (κ2) is 7.00. The lowest BCUT2D eigenvalue weighted by Gasteiger charge is -2.08. The smallest absolute Gasteiger partial charge is 0.257 e. The van der Waals surface area contributed by atoms with Gasteiger partial charge in [-0.1, -0.05) is 13.3 Å². The molecule has 0 radical (unpaired) electrons. The molecule has 0 saturated heterocycles. The van der Waals surface area contributed by atoms with E-state index in [0.717, 1.165) is 25.1 Å². The van der Waals surface area contributed by atoms with Crippen LogP contribution in [0.3, 0.4) is 0 Å². The molecule has 120 valence electrons. The van der Waals surface area contributed by atoms with E-state index in [9.17, 15) is 4.79 Å².